The average Bonchev–Trinajstić information content (AvgIpc) is 2.47. The molecule has 0 saturated carbocycles. The Kier molecular flexibility index (Phi) is 3.14. The summed E-state index contributed by atoms with van der Waals surface area (Å²) in [7, 11) is 3.29. The first-order chi connectivity index (χ1) is 9.63. The fourth-order valence-electron chi connectivity index (χ4n) is 2.36. The Morgan fingerprint density at radius 2 is 1.70 bits per heavy atom. The molecule has 0 unspecified atom stereocenters. The molecule has 0 bridgehead atoms. The molecule has 20 heavy (non-hydrogen) atoms. The Morgan fingerprint density at radius 3 is 2.40 bits per heavy atom. The molecular weight excluding hydrogens is 274 g/mol. The lowest BCUT2D eigenvalue weighted by Gasteiger charge is -2.10. The first-order valence-electron chi connectivity index (χ1n) is 6.25. The molecule has 0 aliphatic heterocycles. The third-order valence-corrected chi connectivity index (χ3v) is 3.84. The number of hydrogen-bond acceptors (Lipinski definition) is 3. The number of halogens is 1. The SMILES string of the molecule is COc1ccc2c(Cl)c3cc(C)c(OC)cc3nc2c1. The lowest BCUT2D eigenvalue weighted by molar-refractivity contribution is 0.412. The normalized spacial score (nSPS) is 11.0. The van der Waals surface area contributed by atoms with Crippen molar-refractivity contribution in [2.75, 3.05) is 14.2 Å². The predicted octanol–water partition coefficient (Wildman–Crippen LogP) is 4.37. The minimum absolute atomic E-state index is 0.707. The van der Waals surface area contributed by atoms with Gasteiger partial charge in [-0.2, -0.15) is 0 Å². The second-order valence-corrected chi connectivity index (χ2v) is 5.03. The van der Waals surface area contributed by atoms with Crippen LogP contribution in [0, 0.1) is 6.92 Å². The van der Waals surface area contributed by atoms with E-state index in [2.05, 4.69) is 4.98 Å². The topological polar surface area (TPSA) is 31.4 Å². The number of rotatable bonds is 2. The Balaban J connectivity index is 2.40. The van der Waals surface area contributed by atoms with Gasteiger partial charge >= 0.3 is 0 Å². The van der Waals surface area contributed by atoms with Gasteiger partial charge in [0.15, 0.2) is 0 Å². The molecule has 1 aromatic heterocycles. The van der Waals surface area contributed by atoms with Gasteiger partial charge in [0.1, 0.15) is 11.5 Å². The van der Waals surface area contributed by atoms with E-state index < -0.39 is 0 Å². The molecule has 0 atom stereocenters. The van der Waals surface area contributed by atoms with Gasteiger partial charge in [-0.05, 0) is 30.7 Å². The van der Waals surface area contributed by atoms with Crippen LogP contribution in [0.15, 0.2) is 30.3 Å². The van der Waals surface area contributed by atoms with E-state index in [1.807, 2.05) is 37.3 Å². The Hall–Kier alpha value is -2.00. The highest BCUT2D eigenvalue weighted by Crippen LogP contribution is 2.35. The molecule has 3 rings (SSSR count). The van der Waals surface area contributed by atoms with Crippen LogP contribution in [0.5, 0.6) is 11.5 Å². The van der Waals surface area contributed by atoms with E-state index in [4.69, 9.17) is 21.1 Å². The summed E-state index contributed by atoms with van der Waals surface area (Å²) in [6, 6.07) is 9.62. The first-order valence-corrected chi connectivity index (χ1v) is 6.63. The molecule has 0 radical (unpaired) electrons. The molecule has 0 aliphatic carbocycles. The summed E-state index contributed by atoms with van der Waals surface area (Å²) in [5.74, 6) is 1.57. The highest BCUT2D eigenvalue weighted by molar-refractivity contribution is 6.40. The number of hydrogen-bond donors (Lipinski definition) is 0. The van der Waals surface area contributed by atoms with E-state index in [1.165, 1.54) is 0 Å². The summed E-state index contributed by atoms with van der Waals surface area (Å²) in [4.78, 5) is 4.65. The lowest BCUT2D eigenvalue weighted by atomic mass is 10.1. The molecule has 3 nitrogen and oxygen atoms in total. The molecule has 0 aliphatic rings. The van der Waals surface area contributed by atoms with Gasteiger partial charge in [0.2, 0.25) is 0 Å². The average molecular weight is 288 g/mol. The molecular formula is C16H14ClNO2. The van der Waals surface area contributed by atoms with Crippen molar-refractivity contribution in [3.63, 3.8) is 0 Å². The summed E-state index contributed by atoms with van der Waals surface area (Å²) in [5, 5.41) is 2.56. The van der Waals surface area contributed by atoms with Crippen molar-refractivity contribution in [1.82, 2.24) is 4.98 Å². The van der Waals surface area contributed by atoms with Gasteiger partial charge in [0, 0.05) is 22.9 Å². The van der Waals surface area contributed by atoms with Crippen LogP contribution in [0.4, 0.5) is 0 Å². The zero-order valence-electron chi connectivity index (χ0n) is 11.5. The summed E-state index contributed by atoms with van der Waals surface area (Å²) >= 11 is 6.52. The molecule has 3 aromatic rings. The van der Waals surface area contributed by atoms with Crippen LogP contribution < -0.4 is 9.47 Å². The highest BCUT2D eigenvalue weighted by atomic mass is 35.5. The number of benzene rings is 2. The molecule has 1 heterocycles. The monoisotopic (exact) mass is 287 g/mol. The Bertz CT molecular complexity index is 815. The fraction of sp³-hybridized carbons (Fsp3) is 0.188. The number of nitrogens with zero attached hydrogens (tertiary/aromatic N) is 1. The largest absolute Gasteiger partial charge is 0.497 e. The van der Waals surface area contributed by atoms with Gasteiger partial charge in [0.05, 0.1) is 30.3 Å². The minimum Gasteiger partial charge on any atom is -0.497 e. The molecule has 0 fully saturated rings. The van der Waals surface area contributed by atoms with Gasteiger partial charge in [-0.3, -0.25) is 0 Å². The zero-order chi connectivity index (χ0) is 14.3. The van der Waals surface area contributed by atoms with Gasteiger partial charge < -0.3 is 9.47 Å². The van der Waals surface area contributed by atoms with E-state index >= 15 is 0 Å². The third-order valence-electron chi connectivity index (χ3n) is 3.43. The molecule has 0 amide bonds. The minimum atomic E-state index is 0.707. The van der Waals surface area contributed by atoms with Crippen molar-refractivity contribution < 1.29 is 9.47 Å². The van der Waals surface area contributed by atoms with Crippen molar-refractivity contribution >= 4 is 33.4 Å². The van der Waals surface area contributed by atoms with Crippen LogP contribution in [0.3, 0.4) is 0 Å². The van der Waals surface area contributed by atoms with Crippen LogP contribution in [0.1, 0.15) is 5.56 Å². The maximum atomic E-state index is 6.52. The summed E-state index contributed by atoms with van der Waals surface area (Å²) in [6.07, 6.45) is 0. The van der Waals surface area contributed by atoms with E-state index in [-0.39, 0.29) is 0 Å². The van der Waals surface area contributed by atoms with Crippen molar-refractivity contribution in [3.05, 3.63) is 40.9 Å². The second-order valence-electron chi connectivity index (χ2n) is 4.65. The number of aromatic nitrogens is 1. The van der Waals surface area contributed by atoms with Crippen LogP contribution in [-0.2, 0) is 0 Å². The molecule has 4 heteroatoms. The number of pyridine rings is 1. The summed E-state index contributed by atoms with van der Waals surface area (Å²) in [5.41, 5.74) is 2.67. The van der Waals surface area contributed by atoms with Gasteiger partial charge in [-0.1, -0.05) is 11.6 Å². The van der Waals surface area contributed by atoms with Crippen LogP contribution >= 0.6 is 11.6 Å². The maximum Gasteiger partial charge on any atom is 0.123 e. The smallest absolute Gasteiger partial charge is 0.123 e. The molecule has 102 valence electrons. The van der Waals surface area contributed by atoms with Crippen molar-refractivity contribution in [1.29, 1.82) is 0 Å². The maximum absolute atomic E-state index is 6.52. The van der Waals surface area contributed by atoms with Gasteiger partial charge in [-0.15, -0.1) is 0 Å². The zero-order valence-corrected chi connectivity index (χ0v) is 12.3. The quantitative estimate of drug-likeness (QED) is 0.656. The van der Waals surface area contributed by atoms with E-state index in [9.17, 15) is 0 Å². The van der Waals surface area contributed by atoms with Crippen molar-refractivity contribution in [2.24, 2.45) is 0 Å². The molecule has 0 saturated heterocycles. The van der Waals surface area contributed by atoms with Gasteiger partial charge in [-0.25, -0.2) is 4.98 Å². The third kappa shape index (κ3) is 1.95. The van der Waals surface area contributed by atoms with Gasteiger partial charge in [0.25, 0.3) is 0 Å². The van der Waals surface area contributed by atoms with E-state index in [0.717, 1.165) is 38.9 Å². The van der Waals surface area contributed by atoms with Crippen LogP contribution in [0.25, 0.3) is 21.8 Å². The van der Waals surface area contributed by atoms with Crippen LogP contribution in [-0.4, -0.2) is 19.2 Å². The second kappa shape index (κ2) is 4.84. The molecule has 0 N–H and O–H groups in total. The number of aryl methyl sites for hydroxylation is 1. The Labute approximate surface area is 122 Å². The number of ether oxygens (including phenoxy) is 2. The number of fused-ring (bicyclic) bond motifs is 2. The highest BCUT2D eigenvalue weighted by Gasteiger charge is 2.11. The Morgan fingerprint density at radius 1 is 0.950 bits per heavy atom. The summed E-state index contributed by atoms with van der Waals surface area (Å²) < 4.78 is 10.6. The first kappa shape index (κ1) is 13.0. The van der Waals surface area contributed by atoms with Crippen LogP contribution in [0.2, 0.25) is 5.02 Å². The lowest BCUT2D eigenvalue weighted by Crippen LogP contribution is -1.91. The van der Waals surface area contributed by atoms with E-state index in [1.54, 1.807) is 14.2 Å². The molecule has 2 aromatic carbocycles. The fourth-order valence-corrected chi connectivity index (χ4v) is 2.67. The van der Waals surface area contributed by atoms with Crippen molar-refractivity contribution in [2.45, 2.75) is 6.92 Å². The number of methoxy groups -OCH3 is 2. The predicted molar refractivity (Wildman–Crippen MR) is 82.1 cm³/mol. The van der Waals surface area contributed by atoms with E-state index in [0.29, 0.717) is 5.02 Å². The van der Waals surface area contributed by atoms with Crippen molar-refractivity contribution in [3.8, 4) is 11.5 Å². The standard InChI is InChI=1S/C16H14ClNO2/c1-9-6-12-14(8-15(9)20-3)18-13-7-10(19-2)4-5-11(13)16(12)17/h4-8H,1-3H3. The molecule has 0 spiro atoms. The summed E-state index contributed by atoms with van der Waals surface area (Å²) in [6.45, 7) is 1.99.